The van der Waals surface area contributed by atoms with Crippen molar-refractivity contribution in [2.75, 3.05) is 10.8 Å². The third-order valence-electron chi connectivity index (χ3n) is 6.11. The van der Waals surface area contributed by atoms with E-state index in [4.69, 9.17) is 23.2 Å². The average Bonchev–Trinajstić information content (AvgIpc) is 2.92. The minimum atomic E-state index is -4.36. The number of amides is 2. The van der Waals surface area contributed by atoms with Gasteiger partial charge in [0.2, 0.25) is 11.8 Å². The van der Waals surface area contributed by atoms with Gasteiger partial charge in [0.1, 0.15) is 12.6 Å². The lowest BCUT2D eigenvalue weighted by Gasteiger charge is -2.33. The topological polar surface area (TPSA) is 130 Å². The zero-order valence-corrected chi connectivity index (χ0v) is 25.0. The summed E-state index contributed by atoms with van der Waals surface area (Å²) in [6, 6.07) is 15.9. The van der Waals surface area contributed by atoms with Gasteiger partial charge in [-0.1, -0.05) is 60.5 Å². The Morgan fingerprint density at radius 3 is 2.27 bits per heavy atom. The minimum Gasteiger partial charge on any atom is -0.352 e. The number of halogens is 2. The Kier molecular flexibility index (Phi) is 10.7. The van der Waals surface area contributed by atoms with Gasteiger partial charge in [0.05, 0.1) is 15.5 Å². The van der Waals surface area contributed by atoms with Gasteiger partial charge in [-0.05, 0) is 56.2 Å². The van der Waals surface area contributed by atoms with E-state index in [9.17, 15) is 28.1 Å². The van der Waals surface area contributed by atoms with Crippen LogP contribution in [0, 0.1) is 10.1 Å². The monoisotopic (exact) mass is 620 g/mol. The van der Waals surface area contributed by atoms with Gasteiger partial charge in [0, 0.05) is 34.8 Å². The fourth-order valence-corrected chi connectivity index (χ4v) is 6.04. The first kappa shape index (κ1) is 31.9. The lowest BCUT2D eigenvalue weighted by Crippen LogP contribution is -2.53. The highest BCUT2D eigenvalue weighted by atomic mass is 35.5. The summed E-state index contributed by atoms with van der Waals surface area (Å²) < 4.78 is 28.4. The molecule has 218 valence electrons. The zero-order valence-electron chi connectivity index (χ0n) is 22.7. The van der Waals surface area contributed by atoms with Crippen LogP contribution in [0.1, 0.15) is 32.8 Å². The maximum Gasteiger partial charge on any atom is 0.271 e. The van der Waals surface area contributed by atoms with E-state index in [1.165, 1.54) is 53.4 Å². The van der Waals surface area contributed by atoms with Gasteiger partial charge in [-0.2, -0.15) is 0 Å². The summed E-state index contributed by atoms with van der Waals surface area (Å²) in [5.74, 6) is -1.14. The lowest BCUT2D eigenvalue weighted by molar-refractivity contribution is -0.384. The number of nitrogens with zero attached hydrogens (tertiary/aromatic N) is 3. The van der Waals surface area contributed by atoms with E-state index >= 15 is 0 Å². The molecule has 0 saturated carbocycles. The van der Waals surface area contributed by atoms with E-state index in [2.05, 4.69) is 5.32 Å². The highest BCUT2D eigenvalue weighted by Crippen LogP contribution is 2.29. The number of hydrogen-bond acceptors (Lipinski definition) is 6. The van der Waals surface area contributed by atoms with E-state index in [1.807, 2.05) is 0 Å². The summed E-state index contributed by atoms with van der Waals surface area (Å²) in [5.41, 5.74) is 0.0596. The number of nitro groups is 1. The van der Waals surface area contributed by atoms with E-state index in [-0.39, 0.29) is 40.3 Å². The van der Waals surface area contributed by atoms with Crippen molar-refractivity contribution in [3.8, 4) is 0 Å². The Labute approximate surface area is 249 Å². The van der Waals surface area contributed by atoms with Crippen molar-refractivity contribution in [3.63, 3.8) is 0 Å². The van der Waals surface area contributed by atoms with Crippen molar-refractivity contribution in [2.24, 2.45) is 0 Å². The predicted octanol–water partition coefficient (Wildman–Crippen LogP) is 5.43. The summed E-state index contributed by atoms with van der Waals surface area (Å²) in [6.45, 7) is 4.43. The van der Waals surface area contributed by atoms with Crippen molar-refractivity contribution >= 4 is 56.4 Å². The minimum absolute atomic E-state index is 0.0828. The molecule has 0 aromatic heterocycles. The molecule has 0 saturated heterocycles. The maximum atomic E-state index is 14.0. The molecule has 1 unspecified atom stereocenters. The third kappa shape index (κ3) is 7.96. The van der Waals surface area contributed by atoms with Crippen LogP contribution >= 0.6 is 23.2 Å². The van der Waals surface area contributed by atoms with Crippen LogP contribution in [0.4, 0.5) is 11.4 Å². The number of nitrogens with one attached hydrogen (secondary N) is 1. The summed E-state index contributed by atoms with van der Waals surface area (Å²) in [4.78, 5) is 39.2. The van der Waals surface area contributed by atoms with Crippen LogP contribution in [0.25, 0.3) is 0 Å². The number of non-ortho nitro benzene ring substituents is 1. The predicted molar refractivity (Wildman–Crippen MR) is 158 cm³/mol. The van der Waals surface area contributed by atoms with Crippen LogP contribution in [0.3, 0.4) is 0 Å². The highest BCUT2D eigenvalue weighted by Gasteiger charge is 2.34. The van der Waals surface area contributed by atoms with Gasteiger partial charge in [0.15, 0.2) is 0 Å². The summed E-state index contributed by atoms with van der Waals surface area (Å²) in [5, 5.41) is 14.9. The molecule has 0 aliphatic carbocycles. The Morgan fingerprint density at radius 1 is 1.00 bits per heavy atom. The van der Waals surface area contributed by atoms with Crippen molar-refractivity contribution in [2.45, 2.75) is 50.7 Å². The van der Waals surface area contributed by atoms with Crippen LogP contribution in [0.5, 0.6) is 0 Å². The Bertz CT molecular complexity index is 1520. The molecule has 10 nitrogen and oxygen atoms in total. The smallest absolute Gasteiger partial charge is 0.271 e. The summed E-state index contributed by atoms with van der Waals surface area (Å²) >= 11 is 12.4. The van der Waals surface area contributed by atoms with Crippen molar-refractivity contribution in [3.05, 3.63) is 98.5 Å². The number of carbonyl (C=O) groups excluding carboxylic acids is 2. The number of sulfonamides is 1. The Balaban J connectivity index is 2.12. The van der Waals surface area contributed by atoms with Gasteiger partial charge < -0.3 is 10.2 Å². The molecule has 0 aliphatic heterocycles. The summed E-state index contributed by atoms with van der Waals surface area (Å²) in [7, 11) is -4.36. The van der Waals surface area contributed by atoms with E-state index < -0.39 is 39.3 Å². The maximum absolute atomic E-state index is 14.0. The van der Waals surface area contributed by atoms with Crippen LogP contribution in [0.2, 0.25) is 10.0 Å². The molecule has 0 radical (unpaired) electrons. The number of anilines is 1. The number of nitro benzene ring substituents is 1. The summed E-state index contributed by atoms with van der Waals surface area (Å²) in [6.07, 6.45) is 0.220. The second kappa shape index (κ2) is 13.8. The molecule has 0 bridgehead atoms. The molecular formula is C28H30Cl2N4O6S. The second-order valence-electron chi connectivity index (χ2n) is 9.45. The number of rotatable bonds is 12. The molecule has 3 rings (SSSR count). The van der Waals surface area contributed by atoms with Gasteiger partial charge in [0.25, 0.3) is 15.7 Å². The third-order valence-corrected chi connectivity index (χ3v) is 8.49. The fraction of sp³-hybridized carbons (Fsp3) is 0.286. The molecule has 13 heteroatoms. The van der Waals surface area contributed by atoms with Crippen LogP contribution in [0.15, 0.2) is 77.7 Å². The van der Waals surface area contributed by atoms with Gasteiger partial charge >= 0.3 is 0 Å². The molecule has 2 amide bonds. The molecule has 3 aromatic carbocycles. The van der Waals surface area contributed by atoms with Crippen LogP contribution in [-0.4, -0.2) is 48.7 Å². The van der Waals surface area contributed by atoms with Crippen molar-refractivity contribution < 1.29 is 22.9 Å². The SMILES string of the molecule is CCC(C(=O)NC(C)C)N(Cc1ccc(Cl)cc1Cl)C(=O)CN(c1cccc([N+](=O)[O-])c1)S(=O)(=O)c1ccccc1. The molecule has 0 heterocycles. The van der Waals surface area contributed by atoms with E-state index in [1.54, 1.807) is 39.0 Å². The van der Waals surface area contributed by atoms with Crippen LogP contribution in [-0.2, 0) is 26.2 Å². The highest BCUT2D eigenvalue weighted by molar-refractivity contribution is 7.92. The van der Waals surface area contributed by atoms with Gasteiger partial charge in [-0.15, -0.1) is 0 Å². The quantitative estimate of drug-likeness (QED) is 0.212. The molecule has 0 spiro atoms. The van der Waals surface area contributed by atoms with E-state index in [0.717, 1.165) is 10.4 Å². The normalized spacial score (nSPS) is 12.0. The van der Waals surface area contributed by atoms with E-state index in [0.29, 0.717) is 10.6 Å². The number of benzene rings is 3. The average molecular weight is 622 g/mol. The van der Waals surface area contributed by atoms with Gasteiger partial charge in [-0.3, -0.25) is 24.0 Å². The Hall–Kier alpha value is -3.67. The first-order chi connectivity index (χ1) is 19.3. The molecule has 0 aliphatic rings. The standard InChI is InChI=1S/C28H30Cl2N4O6S/c1-4-26(28(36)31-19(2)3)32(17-20-13-14-21(29)15-25(20)30)27(35)18-33(22-9-8-10-23(16-22)34(37)38)41(39,40)24-11-6-5-7-12-24/h5-16,19,26H,4,17-18H2,1-3H3,(H,31,36). The fourth-order valence-electron chi connectivity index (χ4n) is 4.14. The van der Waals surface area contributed by atoms with Crippen LogP contribution < -0.4 is 9.62 Å². The molecular weight excluding hydrogens is 591 g/mol. The zero-order chi connectivity index (χ0) is 30.3. The second-order valence-corrected chi connectivity index (χ2v) is 12.2. The molecule has 1 N–H and O–H groups in total. The van der Waals surface area contributed by atoms with Crippen molar-refractivity contribution in [1.82, 2.24) is 10.2 Å². The number of hydrogen-bond donors (Lipinski definition) is 1. The molecule has 0 fully saturated rings. The lowest BCUT2D eigenvalue weighted by atomic mass is 10.1. The Morgan fingerprint density at radius 2 is 1.68 bits per heavy atom. The first-order valence-electron chi connectivity index (χ1n) is 12.7. The molecule has 3 aromatic rings. The first-order valence-corrected chi connectivity index (χ1v) is 14.9. The molecule has 41 heavy (non-hydrogen) atoms. The number of carbonyl (C=O) groups is 2. The van der Waals surface area contributed by atoms with Gasteiger partial charge in [-0.25, -0.2) is 8.42 Å². The largest absolute Gasteiger partial charge is 0.352 e. The van der Waals surface area contributed by atoms with Crippen molar-refractivity contribution in [1.29, 1.82) is 0 Å². The molecule has 1 atom stereocenters.